The average molecular weight is 339 g/mol. The second kappa shape index (κ2) is 6.66. The van der Waals surface area contributed by atoms with Crippen molar-refractivity contribution in [2.75, 3.05) is 31.6 Å². The average Bonchev–Trinajstić information content (AvgIpc) is 3.10. The highest BCUT2D eigenvalue weighted by Crippen LogP contribution is 2.35. The molecule has 0 bridgehead atoms. The Bertz CT molecular complexity index is 754. The molecule has 0 aromatic carbocycles. The molecule has 0 aliphatic carbocycles. The maximum absolute atomic E-state index is 12.9. The summed E-state index contributed by atoms with van der Waals surface area (Å²) in [6.45, 7) is 3.03. The first-order chi connectivity index (χ1) is 12.2. The van der Waals surface area contributed by atoms with E-state index in [2.05, 4.69) is 19.9 Å². The van der Waals surface area contributed by atoms with Crippen LogP contribution in [0.2, 0.25) is 0 Å². The van der Waals surface area contributed by atoms with Gasteiger partial charge in [0.1, 0.15) is 12.1 Å². The van der Waals surface area contributed by atoms with Gasteiger partial charge in [-0.1, -0.05) is 0 Å². The number of piperidine rings is 1. The summed E-state index contributed by atoms with van der Waals surface area (Å²) in [5.41, 5.74) is 1.12. The molecule has 2 aliphatic rings. The van der Waals surface area contributed by atoms with E-state index in [4.69, 9.17) is 4.74 Å². The molecule has 2 saturated heterocycles. The molecule has 0 spiro atoms. The van der Waals surface area contributed by atoms with Crippen LogP contribution in [0.15, 0.2) is 36.9 Å². The number of ether oxygens (including phenoxy) is 1. The van der Waals surface area contributed by atoms with E-state index in [0.29, 0.717) is 24.9 Å². The standard InChI is InChI=1S/C18H21N5O2/c1-25-17-8-16(20-12-21-17)23-10-14-4-7-22(18(24)15(14)11-23)9-13-2-5-19-6-3-13/h2-3,5-6,8,12,14-15H,4,7,9-11H2,1H3/t14-,15-/m1/s1. The number of nitrogens with zero attached hydrogens (tertiary/aromatic N) is 5. The maximum atomic E-state index is 12.9. The molecular weight excluding hydrogens is 318 g/mol. The normalized spacial score (nSPS) is 22.8. The molecule has 0 unspecified atom stereocenters. The zero-order chi connectivity index (χ0) is 17.2. The van der Waals surface area contributed by atoms with E-state index in [9.17, 15) is 4.79 Å². The molecule has 0 radical (unpaired) electrons. The van der Waals surface area contributed by atoms with Crippen molar-refractivity contribution in [1.82, 2.24) is 19.9 Å². The molecule has 2 fully saturated rings. The number of amides is 1. The van der Waals surface area contributed by atoms with Gasteiger partial charge in [0.15, 0.2) is 0 Å². The van der Waals surface area contributed by atoms with E-state index < -0.39 is 0 Å². The van der Waals surface area contributed by atoms with Gasteiger partial charge in [0.05, 0.1) is 13.0 Å². The minimum absolute atomic E-state index is 0.0385. The van der Waals surface area contributed by atoms with Gasteiger partial charge in [-0.25, -0.2) is 9.97 Å². The Labute approximate surface area is 146 Å². The van der Waals surface area contributed by atoms with Crippen molar-refractivity contribution >= 4 is 11.7 Å². The first-order valence-electron chi connectivity index (χ1n) is 8.53. The van der Waals surface area contributed by atoms with Crippen molar-refractivity contribution in [1.29, 1.82) is 0 Å². The lowest BCUT2D eigenvalue weighted by molar-refractivity contribution is -0.140. The molecule has 4 rings (SSSR count). The van der Waals surface area contributed by atoms with Crippen molar-refractivity contribution in [3.8, 4) is 5.88 Å². The highest BCUT2D eigenvalue weighted by molar-refractivity contribution is 5.81. The first-order valence-corrected chi connectivity index (χ1v) is 8.53. The number of carbonyl (C=O) groups is 1. The van der Waals surface area contributed by atoms with Crippen LogP contribution in [0.4, 0.5) is 5.82 Å². The molecule has 7 heteroatoms. The van der Waals surface area contributed by atoms with Crippen LogP contribution in [0.5, 0.6) is 5.88 Å². The number of pyridine rings is 1. The van der Waals surface area contributed by atoms with Crippen LogP contribution >= 0.6 is 0 Å². The van der Waals surface area contributed by atoms with E-state index in [1.54, 1.807) is 19.5 Å². The number of likely N-dealkylation sites (tertiary alicyclic amines) is 1. The van der Waals surface area contributed by atoms with E-state index in [0.717, 1.165) is 30.9 Å². The molecule has 2 aromatic rings. The van der Waals surface area contributed by atoms with Gasteiger partial charge in [-0.15, -0.1) is 0 Å². The summed E-state index contributed by atoms with van der Waals surface area (Å²) < 4.78 is 5.18. The lowest BCUT2D eigenvalue weighted by Crippen LogP contribution is -2.44. The minimum Gasteiger partial charge on any atom is -0.481 e. The number of carbonyl (C=O) groups excluding carboxylic acids is 1. The Morgan fingerprint density at radius 1 is 1.24 bits per heavy atom. The lowest BCUT2D eigenvalue weighted by atomic mass is 9.88. The fourth-order valence-electron chi connectivity index (χ4n) is 3.78. The van der Waals surface area contributed by atoms with Crippen molar-refractivity contribution in [3.05, 3.63) is 42.5 Å². The molecule has 2 aliphatic heterocycles. The molecule has 2 atom stereocenters. The fraction of sp³-hybridized carbons (Fsp3) is 0.444. The molecule has 2 aromatic heterocycles. The summed E-state index contributed by atoms with van der Waals surface area (Å²) in [5.74, 6) is 2.05. The molecule has 7 nitrogen and oxygen atoms in total. The second-order valence-electron chi connectivity index (χ2n) is 6.59. The quantitative estimate of drug-likeness (QED) is 0.838. The number of hydrogen-bond acceptors (Lipinski definition) is 6. The van der Waals surface area contributed by atoms with Gasteiger partial charge in [-0.3, -0.25) is 9.78 Å². The Balaban J connectivity index is 1.46. The van der Waals surface area contributed by atoms with Gasteiger partial charge in [0, 0.05) is 44.6 Å². The van der Waals surface area contributed by atoms with Crippen molar-refractivity contribution in [2.24, 2.45) is 11.8 Å². The number of hydrogen-bond donors (Lipinski definition) is 0. The van der Waals surface area contributed by atoms with E-state index in [1.807, 2.05) is 23.1 Å². The van der Waals surface area contributed by atoms with E-state index in [-0.39, 0.29) is 11.8 Å². The number of fused-ring (bicyclic) bond motifs is 1. The summed E-state index contributed by atoms with van der Waals surface area (Å²) in [6, 6.07) is 5.76. The molecule has 25 heavy (non-hydrogen) atoms. The second-order valence-corrected chi connectivity index (χ2v) is 6.59. The molecule has 0 N–H and O–H groups in total. The van der Waals surface area contributed by atoms with Crippen LogP contribution < -0.4 is 9.64 Å². The Hall–Kier alpha value is -2.70. The Kier molecular flexibility index (Phi) is 4.21. The third-order valence-corrected chi connectivity index (χ3v) is 5.12. The highest BCUT2D eigenvalue weighted by atomic mass is 16.5. The molecule has 4 heterocycles. The zero-order valence-corrected chi connectivity index (χ0v) is 14.2. The summed E-state index contributed by atoms with van der Waals surface area (Å²) in [7, 11) is 1.59. The largest absolute Gasteiger partial charge is 0.481 e. The fourth-order valence-corrected chi connectivity index (χ4v) is 3.78. The summed E-state index contributed by atoms with van der Waals surface area (Å²) in [6.07, 6.45) is 6.08. The Morgan fingerprint density at radius 2 is 2.08 bits per heavy atom. The molecule has 0 saturated carbocycles. The van der Waals surface area contributed by atoms with Crippen molar-refractivity contribution in [2.45, 2.75) is 13.0 Å². The van der Waals surface area contributed by atoms with Crippen LogP contribution in [-0.2, 0) is 11.3 Å². The van der Waals surface area contributed by atoms with Crippen LogP contribution in [0.3, 0.4) is 0 Å². The smallest absolute Gasteiger partial charge is 0.228 e. The lowest BCUT2D eigenvalue weighted by Gasteiger charge is -2.33. The van der Waals surface area contributed by atoms with Gasteiger partial charge < -0.3 is 14.5 Å². The van der Waals surface area contributed by atoms with Crippen molar-refractivity contribution in [3.63, 3.8) is 0 Å². The third kappa shape index (κ3) is 3.14. The zero-order valence-electron chi connectivity index (χ0n) is 14.2. The molecule has 1 amide bonds. The topological polar surface area (TPSA) is 71.5 Å². The SMILES string of the molecule is COc1cc(N2C[C@H]3CCN(Cc4ccncc4)C(=O)[C@@H]3C2)ncn1. The van der Waals surface area contributed by atoms with Crippen molar-refractivity contribution < 1.29 is 9.53 Å². The van der Waals surface area contributed by atoms with E-state index in [1.165, 1.54) is 6.33 Å². The number of anilines is 1. The van der Waals surface area contributed by atoms with Crippen LogP contribution in [0.1, 0.15) is 12.0 Å². The first kappa shape index (κ1) is 15.8. The van der Waals surface area contributed by atoms with Gasteiger partial charge in [-0.2, -0.15) is 0 Å². The van der Waals surface area contributed by atoms with Gasteiger partial charge in [0.25, 0.3) is 0 Å². The Morgan fingerprint density at radius 3 is 2.88 bits per heavy atom. The monoisotopic (exact) mass is 339 g/mol. The summed E-state index contributed by atoms with van der Waals surface area (Å²) >= 11 is 0. The van der Waals surface area contributed by atoms with Crippen LogP contribution in [0, 0.1) is 11.8 Å². The number of aromatic nitrogens is 3. The van der Waals surface area contributed by atoms with E-state index >= 15 is 0 Å². The maximum Gasteiger partial charge on any atom is 0.228 e. The van der Waals surface area contributed by atoms with Gasteiger partial charge in [0.2, 0.25) is 11.8 Å². The summed E-state index contributed by atoms with van der Waals surface area (Å²) in [4.78, 5) is 29.5. The number of rotatable bonds is 4. The minimum atomic E-state index is 0.0385. The van der Waals surface area contributed by atoms with Crippen LogP contribution in [-0.4, -0.2) is 52.5 Å². The molecular formula is C18H21N5O2. The van der Waals surface area contributed by atoms with Gasteiger partial charge in [-0.05, 0) is 30.0 Å². The highest BCUT2D eigenvalue weighted by Gasteiger charge is 2.43. The summed E-state index contributed by atoms with van der Waals surface area (Å²) in [5, 5.41) is 0. The van der Waals surface area contributed by atoms with Gasteiger partial charge >= 0.3 is 0 Å². The third-order valence-electron chi connectivity index (χ3n) is 5.12. The number of methoxy groups -OCH3 is 1. The van der Waals surface area contributed by atoms with Crippen LogP contribution in [0.25, 0.3) is 0 Å². The predicted molar refractivity (Wildman–Crippen MR) is 92.0 cm³/mol. The predicted octanol–water partition coefficient (Wildman–Crippen LogP) is 1.37. The molecule has 130 valence electrons.